The van der Waals surface area contributed by atoms with Crippen molar-refractivity contribution in [2.75, 3.05) is 13.2 Å². The van der Waals surface area contributed by atoms with Gasteiger partial charge in [0.25, 0.3) is 5.56 Å². The molecule has 0 unspecified atom stereocenters. The second-order valence-corrected chi connectivity index (χ2v) is 12.2. The van der Waals surface area contributed by atoms with Gasteiger partial charge in [0, 0.05) is 28.7 Å². The van der Waals surface area contributed by atoms with Crippen molar-refractivity contribution in [1.29, 1.82) is 0 Å². The first-order valence-corrected chi connectivity index (χ1v) is 16.1. The third-order valence-corrected chi connectivity index (χ3v) is 9.25. The van der Waals surface area contributed by atoms with Gasteiger partial charge in [-0.15, -0.1) is 0 Å². The van der Waals surface area contributed by atoms with Gasteiger partial charge in [-0.25, -0.2) is 14.6 Å². The number of aryl methyl sites for hydroxylation is 1. The van der Waals surface area contributed by atoms with E-state index in [1.54, 1.807) is 37.5 Å². The Morgan fingerprint density at radius 1 is 0.891 bits per heavy atom. The maximum Gasteiger partial charge on any atom is 0.338 e. The van der Waals surface area contributed by atoms with Gasteiger partial charge >= 0.3 is 11.9 Å². The van der Waals surface area contributed by atoms with Crippen molar-refractivity contribution in [3.8, 4) is 0 Å². The number of ether oxygens (including phenoxy) is 2. The molecule has 234 valence electrons. The monoisotopic (exact) mass is 633 g/mol. The van der Waals surface area contributed by atoms with E-state index in [1.807, 2.05) is 68.5 Å². The van der Waals surface area contributed by atoms with Crippen LogP contribution in [-0.4, -0.2) is 34.3 Å². The molecule has 0 fully saturated rings. The normalized spacial score (nSPS) is 14.7. The minimum absolute atomic E-state index is 0.214. The predicted molar refractivity (Wildman–Crippen MR) is 180 cm³/mol. The molecule has 0 saturated heterocycles. The van der Waals surface area contributed by atoms with E-state index in [2.05, 4.69) is 16.7 Å². The van der Waals surface area contributed by atoms with Crippen molar-refractivity contribution in [1.82, 2.24) is 9.13 Å². The molecular formula is C37H35N3O5S. The molecule has 2 aromatic heterocycles. The number of carbonyl (C=O) groups is 2. The summed E-state index contributed by atoms with van der Waals surface area (Å²) in [4.78, 5) is 44.9. The molecule has 3 heterocycles. The van der Waals surface area contributed by atoms with Crippen LogP contribution < -0.4 is 14.9 Å². The number of para-hydroxylation sites is 1. The number of hydrogen-bond acceptors (Lipinski definition) is 7. The first-order valence-electron chi connectivity index (χ1n) is 15.3. The smallest absolute Gasteiger partial charge is 0.338 e. The molecule has 1 atom stereocenters. The van der Waals surface area contributed by atoms with Gasteiger partial charge in [0.05, 0.1) is 40.6 Å². The van der Waals surface area contributed by atoms with Gasteiger partial charge in [0.1, 0.15) is 0 Å². The van der Waals surface area contributed by atoms with E-state index in [9.17, 15) is 14.4 Å². The lowest BCUT2D eigenvalue weighted by Gasteiger charge is -2.24. The SMILES string of the molecule is CCOC(=O)C1=C(C)N=c2s/c(=C\c3c(C)n(Cc4ccc(C(=O)OCC)cc4)c4ccccc34)c(=O)n2[C@@H]1c1ccc(C)cc1. The summed E-state index contributed by atoms with van der Waals surface area (Å²) in [6.07, 6.45) is 1.94. The van der Waals surface area contributed by atoms with Crippen molar-refractivity contribution in [3.63, 3.8) is 0 Å². The first kappa shape index (κ1) is 31.0. The van der Waals surface area contributed by atoms with E-state index < -0.39 is 12.0 Å². The minimum atomic E-state index is -0.655. The van der Waals surface area contributed by atoms with Gasteiger partial charge in [-0.3, -0.25) is 9.36 Å². The fraction of sp³-hybridized carbons (Fsp3) is 0.243. The lowest BCUT2D eigenvalue weighted by atomic mass is 9.95. The molecule has 9 heteroatoms. The molecular weight excluding hydrogens is 598 g/mol. The van der Waals surface area contributed by atoms with Gasteiger partial charge in [-0.1, -0.05) is 71.5 Å². The number of benzene rings is 3. The average Bonchev–Trinajstić information content (AvgIpc) is 3.49. The van der Waals surface area contributed by atoms with Crippen LogP contribution in [0.4, 0.5) is 0 Å². The molecule has 6 rings (SSSR count). The highest BCUT2D eigenvalue weighted by molar-refractivity contribution is 7.07. The van der Waals surface area contributed by atoms with Crippen LogP contribution in [0.3, 0.4) is 0 Å². The van der Waals surface area contributed by atoms with E-state index in [-0.39, 0.29) is 18.1 Å². The Bertz CT molecular complexity index is 2180. The third kappa shape index (κ3) is 5.63. The van der Waals surface area contributed by atoms with Crippen LogP contribution in [0.5, 0.6) is 0 Å². The maximum absolute atomic E-state index is 14.2. The average molecular weight is 634 g/mol. The Morgan fingerprint density at radius 3 is 2.26 bits per heavy atom. The zero-order valence-corrected chi connectivity index (χ0v) is 27.3. The summed E-state index contributed by atoms with van der Waals surface area (Å²) in [7, 11) is 0. The summed E-state index contributed by atoms with van der Waals surface area (Å²) in [5.41, 5.74) is 7.11. The molecule has 0 spiro atoms. The molecule has 0 saturated carbocycles. The molecule has 46 heavy (non-hydrogen) atoms. The van der Waals surface area contributed by atoms with Crippen molar-refractivity contribution in [2.24, 2.45) is 4.99 Å². The van der Waals surface area contributed by atoms with Gasteiger partial charge < -0.3 is 14.0 Å². The van der Waals surface area contributed by atoms with E-state index in [0.717, 1.165) is 38.9 Å². The third-order valence-electron chi connectivity index (χ3n) is 8.27. The number of hydrogen-bond donors (Lipinski definition) is 0. The molecule has 0 amide bonds. The second kappa shape index (κ2) is 12.8. The van der Waals surface area contributed by atoms with E-state index in [4.69, 9.17) is 14.5 Å². The van der Waals surface area contributed by atoms with Crippen LogP contribution in [-0.2, 0) is 20.8 Å². The Morgan fingerprint density at radius 2 is 1.57 bits per heavy atom. The Hall–Kier alpha value is -5.02. The number of esters is 2. The quantitative estimate of drug-likeness (QED) is 0.208. The molecule has 0 N–H and O–H groups in total. The van der Waals surface area contributed by atoms with Gasteiger partial charge in [-0.2, -0.15) is 0 Å². The van der Waals surface area contributed by atoms with E-state index in [1.165, 1.54) is 11.3 Å². The summed E-state index contributed by atoms with van der Waals surface area (Å²) in [5.74, 6) is -0.813. The summed E-state index contributed by atoms with van der Waals surface area (Å²) in [5, 5.41) is 1.02. The Labute approximate surface area is 270 Å². The van der Waals surface area contributed by atoms with Gasteiger partial charge in [-0.05, 0) is 70.0 Å². The lowest BCUT2D eigenvalue weighted by Crippen LogP contribution is -2.39. The van der Waals surface area contributed by atoms with Gasteiger partial charge in [0.2, 0.25) is 0 Å². The van der Waals surface area contributed by atoms with E-state index >= 15 is 0 Å². The van der Waals surface area contributed by atoms with Crippen molar-refractivity contribution >= 4 is 40.3 Å². The van der Waals surface area contributed by atoms with Crippen LogP contribution in [0.1, 0.15) is 65.1 Å². The molecule has 1 aliphatic rings. The van der Waals surface area contributed by atoms with E-state index in [0.29, 0.717) is 39.3 Å². The number of thiazole rings is 1. The van der Waals surface area contributed by atoms with Crippen molar-refractivity contribution in [2.45, 2.75) is 47.2 Å². The van der Waals surface area contributed by atoms with Crippen LogP contribution >= 0.6 is 11.3 Å². The highest BCUT2D eigenvalue weighted by Crippen LogP contribution is 2.31. The number of rotatable bonds is 8. The van der Waals surface area contributed by atoms with Crippen LogP contribution in [0.25, 0.3) is 17.0 Å². The van der Waals surface area contributed by atoms with Crippen molar-refractivity contribution < 1.29 is 19.1 Å². The highest BCUT2D eigenvalue weighted by Gasteiger charge is 2.33. The second-order valence-electron chi connectivity index (χ2n) is 11.2. The molecule has 1 aliphatic heterocycles. The largest absolute Gasteiger partial charge is 0.463 e. The molecule has 0 aliphatic carbocycles. The Kier molecular flexibility index (Phi) is 8.60. The summed E-state index contributed by atoms with van der Waals surface area (Å²) in [6, 6.07) is 22.8. The summed E-state index contributed by atoms with van der Waals surface area (Å²) in [6.45, 7) is 10.5. The number of fused-ring (bicyclic) bond motifs is 2. The maximum atomic E-state index is 14.2. The molecule has 5 aromatic rings. The molecule has 8 nitrogen and oxygen atoms in total. The standard InChI is InChI=1S/C37H35N3O5S/c1-6-44-35(42)27-18-14-25(15-19-27)21-39-24(5)29(28-10-8-9-11-30(28)39)20-31-34(41)40-33(26-16-12-22(3)13-17-26)32(36(43)45-7-2)23(4)38-37(40)46-31/h8-20,33H,6-7,21H2,1-5H3/b31-20-/t33-/m1/s1. The van der Waals surface area contributed by atoms with Crippen LogP contribution in [0, 0.1) is 13.8 Å². The minimum Gasteiger partial charge on any atom is -0.463 e. The fourth-order valence-corrected chi connectivity index (χ4v) is 7.00. The lowest BCUT2D eigenvalue weighted by molar-refractivity contribution is -0.139. The van der Waals surface area contributed by atoms with Crippen LogP contribution in [0.2, 0.25) is 0 Å². The first-order chi connectivity index (χ1) is 22.2. The van der Waals surface area contributed by atoms with Crippen molar-refractivity contribution in [3.05, 3.63) is 137 Å². The van der Waals surface area contributed by atoms with Gasteiger partial charge in [0.15, 0.2) is 4.80 Å². The molecule has 0 radical (unpaired) electrons. The number of carbonyl (C=O) groups excluding carboxylic acids is 2. The zero-order valence-electron chi connectivity index (χ0n) is 26.5. The predicted octanol–water partition coefficient (Wildman–Crippen LogP) is 5.59. The zero-order chi connectivity index (χ0) is 32.5. The fourth-order valence-electron chi connectivity index (χ4n) is 5.97. The topological polar surface area (TPSA) is 91.9 Å². The summed E-state index contributed by atoms with van der Waals surface area (Å²) < 4.78 is 14.9. The Balaban J connectivity index is 1.47. The number of allylic oxidation sites excluding steroid dienone is 1. The molecule has 3 aromatic carbocycles. The van der Waals surface area contributed by atoms with Crippen LogP contribution in [0.15, 0.2) is 93.9 Å². The highest BCUT2D eigenvalue weighted by atomic mass is 32.1. The number of aromatic nitrogens is 2. The molecule has 0 bridgehead atoms. The number of nitrogens with zero attached hydrogens (tertiary/aromatic N) is 3. The summed E-state index contributed by atoms with van der Waals surface area (Å²) >= 11 is 1.32.